The Labute approximate surface area is 115 Å². The summed E-state index contributed by atoms with van der Waals surface area (Å²) in [7, 11) is -2.94. The summed E-state index contributed by atoms with van der Waals surface area (Å²) in [6.07, 6.45) is -1.06. The third-order valence-electron chi connectivity index (χ3n) is 2.10. The molecule has 1 amide bonds. The number of anilines is 1. The molecule has 1 heterocycles. The molecule has 1 unspecified atom stereocenters. The SMILES string of the molecule is CCNC(C)c1csc(NS(=O)(=O)NC(=O)OC)n1. The molecule has 0 bridgehead atoms. The molecule has 0 saturated heterocycles. The van der Waals surface area contributed by atoms with Crippen molar-refractivity contribution < 1.29 is 17.9 Å². The highest BCUT2D eigenvalue weighted by molar-refractivity contribution is 7.91. The highest BCUT2D eigenvalue weighted by Gasteiger charge is 2.17. The number of carbonyl (C=O) groups is 1. The summed E-state index contributed by atoms with van der Waals surface area (Å²) >= 11 is 1.13. The van der Waals surface area contributed by atoms with E-state index >= 15 is 0 Å². The summed E-state index contributed by atoms with van der Waals surface area (Å²) < 4.78 is 31.0. The summed E-state index contributed by atoms with van der Waals surface area (Å²) in [5.74, 6) is 0. The van der Waals surface area contributed by atoms with Crippen LogP contribution in [-0.2, 0) is 14.9 Å². The van der Waals surface area contributed by atoms with Gasteiger partial charge < -0.3 is 10.1 Å². The lowest BCUT2D eigenvalue weighted by Crippen LogP contribution is -2.35. The normalized spacial score (nSPS) is 12.8. The fraction of sp³-hybridized carbons (Fsp3) is 0.556. The van der Waals surface area contributed by atoms with E-state index in [1.165, 1.54) is 0 Å². The van der Waals surface area contributed by atoms with Crippen LogP contribution in [0.25, 0.3) is 0 Å². The van der Waals surface area contributed by atoms with Gasteiger partial charge in [0.1, 0.15) is 0 Å². The van der Waals surface area contributed by atoms with Crippen molar-refractivity contribution in [2.24, 2.45) is 0 Å². The standard InChI is InChI=1S/C9H16N4O4S2/c1-4-10-6(2)7-5-18-8(11-7)12-19(15,16)13-9(14)17-3/h5-6,10H,4H2,1-3H3,(H,11,12)(H,13,14). The highest BCUT2D eigenvalue weighted by Crippen LogP contribution is 2.20. The van der Waals surface area contributed by atoms with E-state index in [9.17, 15) is 13.2 Å². The van der Waals surface area contributed by atoms with Crippen LogP contribution >= 0.6 is 11.3 Å². The minimum Gasteiger partial charge on any atom is -0.452 e. The van der Waals surface area contributed by atoms with E-state index in [-0.39, 0.29) is 11.2 Å². The molecule has 0 radical (unpaired) electrons. The van der Waals surface area contributed by atoms with Crippen LogP contribution < -0.4 is 14.8 Å². The number of hydrogen-bond donors (Lipinski definition) is 3. The third-order valence-corrected chi connectivity index (χ3v) is 3.90. The number of amides is 1. The van der Waals surface area contributed by atoms with Crippen molar-refractivity contribution >= 4 is 32.8 Å². The van der Waals surface area contributed by atoms with Gasteiger partial charge in [-0.05, 0) is 13.5 Å². The zero-order valence-electron chi connectivity index (χ0n) is 10.8. The molecule has 8 nitrogen and oxygen atoms in total. The van der Waals surface area contributed by atoms with Gasteiger partial charge in [-0.1, -0.05) is 6.92 Å². The Morgan fingerprint density at radius 1 is 1.58 bits per heavy atom. The Balaban J connectivity index is 2.70. The molecule has 0 saturated carbocycles. The summed E-state index contributed by atoms with van der Waals surface area (Å²) in [6, 6.07) is 0.0214. The Morgan fingerprint density at radius 3 is 2.84 bits per heavy atom. The van der Waals surface area contributed by atoms with Crippen molar-refractivity contribution in [1.82, 2.24) is 15.0 Å². The number of nitrogens with zero attached hydrogens (tertiary/aromatic N) is 1. The van der Waals surface area contributed by atoms with Crippen LogP contribution in [0.2, 0.25) is 0 Å². The van der Waals surface area contributed by atoms with Crippen LogP contribution in [0.3, 0.4) is 0 Å². The second kappa shape index (κ2) is 6.68. The van der Waals surface area contributed by atoms with Crippen LogP contribution in [0.15, 0.2) is 5.38 Å². The van der Waals surface area contributed by atoms with Gasteiger partial charge in [0, 0.05) is 11.4 Å². The molecule has 108 valence electrons. The van der Waals surface area contributed by atoms with Crippen molar-refractivity contribution in [2.45, 2.75) is 19.9 Å². The maximum absolute atomic E-state index is 11.5. The van der Waals surface area contributed by atoms with E-state index in [4.69, 9.17) is 0 Å². The Bertz CT molecular complexity index is 528. The van der Waals surface area contributed by atoms with Crippen LogP contribution in [0.5, 0.6) is 0 Å². The first kappa shape index (κ1) is 15.7. The third kappa shape index (κ3) is 5.01. The van der Waals surface area contributed by atoms with Crippen molar-refractivity contribution in [3.63, 3.8) is 0 Å². The molecule has 1 aromatic rings. The fourth-order valence-electron chi connectivity index (χ4n) is 1.23. The van der Waals surface area contributed by atoms with Gasteiger partial charge in [0.2, 0.25) is 0 Å². The van der Waals surface area contributed by atoms with Crippen LogP contribution in [0, 0.1) is 0 Å². The summed E-state index contributed by atoms with van der Waals surface area (Å²) in [4.78, 5) is 15.0. The number of ether oxygens (including phenoxy) is 1. The molecule has 1 aromatic heterocycles. The molecule has 0 aliphatic carbocycles. The van der Waals surface area contributed by atoms with Crippen molar-refractivity contribution in [3.05, 3.63) is 11.1 Å². The molecule has 1 rings (SSSR count). The van der Waals surface area contributed by atoms with Crippen LogP contribution in [-0.4, -0.2) is 33.1 Å². The van der Waals surface area contributed by atoms with Gasteiger partial charge in [-0.3, -0.25) is 0 Å². The molecular formula is C9H16N4O4S2. The fourth-order valence-corrected chi connectivity index (χ4v) is 3.03. The topological polar surface area (TPSA) is 109 Å². The predicted octanol–water partition coefficient (Wildman–Crippen LogP) is 0.826. The van der Waals surface area contributed by atoms with Gasteiger partial charge in [0.25, 0.3) is 0 Å². The molecule has 19 heavy (non-hydrogen) atoms. The first-order valence-corrected chi connectivity index (χ1v) is 7.81. The van der Waals surface area contributed by atoms with Crippen LogP contribution in [0.4, 0.5) is 9.93 Å². The number of carbonyl (C=O) groups excluding carboxylic acids is 1. The van der Waals surface area contributed by atoms with Gasteiger partial charge in [-0.15, -0.1) is 11.3 Å². The molecular weight excluding hydrogens is 292 g/mol. The van der Waals surface area contributed by atoms with Gasteiger partial charge in [-0.2, -0.15) is 8.42 Å². The summed E-state index contributed by atoms with van der Waals surface area (Å²) in [6.45, 7) is 4.67. The summed E-state index contributed by atoms with van der Waals surface area (Å²) in [5, 5.41) is 5.07. The van der Waals surface area contributed by atoms with Crippen LogP contribution in [0.1, 0.15) is 25.6 Å². The average molecular weight is 308 g/mol. The minimum absolute atomic E-state index is 0.0214. The molecule has 3 N–H and O–H groups in total. The highest BCUT2D eigenvalue weighted by atomic mass is 32.2. The van der Waals surface area contributed by atoms with E-state index in [0.717, 1.165) is 30.7 Å². The van der Waals surface area contributed by atoms with E-state index in [1.807, 2.05) is 13.8 Å². The maximum atomic E-state index is 11.5. The zero-order valence-corrected chi connectivity index (χ0v) is 12.4. The number of rotatable bonds is 6. The Morgan fingerprint density at radius 2 is 2.26 bits per heavy atom. The van der Waals surface area contributed by atoms with Gasteiger partial charge >= 0.3 is 16.3 Å². The number of methoxy groups -OCH3 is 1. The van der Waals surface area contributed by atoms with Crippen molar-refractivity contribution in [3.8, 4) is 0 Å². The lowest BCUT2D eigenvalue weighted by molar-refractivity contribution is 0.177. The lowest BCUT2D eigenvalue weighted by atomic mass is 10.3. The van der Waals surface area contributed by atoms with E-state index in [0.29, 0.717) is 0 Å². The molecule has 0 spiro atoms. The largest absolute Gasteiger partial charge is 0.452 e. The number of hydrogen-bond acceptors (Lipinski definition) is 7. The molecule has 0 aliphatic heterocycles. The minimum atomic E-state index is -4.02. The molecule has 10 heteroatoms. The molecule has 0 aliphatic rings. The number of aromatic nitrogens is 1. The number of nitrogens with one attached hydrogen (secondary N) is 3. The summed E-state index contributed by atoms with van der Waals surface area (Å²) in [5.41, 5.74) is 0.725. The van der Waals surface area contributed by atoms with Crippen molar-refractivity contribution in [1.29, 1.82) is 0 Å². The van der Waals surface area contributed by atoms with Gasteiger partial charge in [0.15, 0.2) is 5.13 Å². The second-order valence-electron chi connectivity index (χ2n) is 3.56. The van der Waals surface area contributed by atoms with Crippen molar-refractivity contribution in [2.75, 3.05) is 18.4 Å². The monoisotopic (exact) mass is 308 g/mol. The first-order chi connectivity index (χ1) is 8.88. The first-order valence-electron chi connectivity index (χ1n) is 5.45. The van der Waals surface area contributed by atoms with E-state index in [2.05, 4.69) is 19.8 Å². The zero-order chi connectivity index (χ0) is 14.5. The van der Waals surface area contributed by atoms with E-state index < -0.39 is 16.3 Å². The quantitative estimate of drug-likeness (QED) is 0.718. The maximum Gasteiger partial charge on any atom is 0.422 e. The lowest BCUT2D eigenvalue weighted by Gasteiger charge is -2.08. The van der Waals surface area contributed by atoms with E-state index in [1.54, 1.807) is 10.1 Å². The predicted molar refractivity (Wildman–Crippen MR) is 72.3 cm³/mol. The Hall–Kier alpha value is -1.39. The number of thiazole rings is 1. The molecule has 0 fully saturated rings. The average Bonchev–Trinajstić information content (AvgIpc) is 2.76. The second-order valence-corrected chi connectivity index (χ2v) is 5.83. The van der Waals surface area contributed by atoms with Gasteiger partial charge in [0.05, 0.1) is 12.8 Å². The van der Waals surface area contributed by atoms with Gasteiger partial charge in [-0.25, -0.2) is 19.2 Å². The molecule has 1 atom stereocenters. The Kier molecular flexibility index (Phi) is 5.51. The smallest absolute Gasteiger partial charge is 0.422 e. The molecule has 0 aromatic carbocycles.